The van der Waals surface area contributed by atoms with Gasteiger partial charge in [0, 0.05) is 23.8 Å². The molecule has 0 aromatic carbocycles. The summed E-state index contributed by atoms with van der Waals surface area (Å²) in [7, 11) is 0. The lowest BCUT2D eigenvalue weighted by Gasteiger charge is -2.36. The quantitative estimate of drug-likeness (QED) is 0.258. The second-order valence-electron chi connectivity index (χ2n) is 11.3. The van der Waals surface area contributed by atoms with Crippen LogP contribution in [0.15, 0.2) is 0 Å². The Hall–Kier alpha value is -1.54. The SMILES string of the molecule is C#CCCC(=O)OCC(C)(C)COCC(C)(C)CC(=O)NC(C)(C)C1CCCCCC1. The molecule has 0 aromatic rings. The molecule has 1 aliphatic rings. The van der Waals surface area contributed by atoms with Gasteiger partial charge in [-0.05, 0) is 38.0 Å². The van der Waals surface area contributed by atoms with Crippen molar-refractivity contribution in [2.75, 3.05) is 19.8 Å². The van der Waals surface area contributed by atoms with Crippen LogP contribution in [0, 0.1) is 29.1 Å². The third-order valence-corrected chi connectivity index (χ3v) is 6.06. The Bertz CT molecular complexity index is 607. The Morgan fingerprint density at radius 2 is 1.52 bits per heavy atom. The van der Waals surface area contributed by atoms with Gasteiger partial charge in [0.25, 0.3) is 0 Å². The molecule has 0 saturated heterocycles. The maximum absolute atomic E-state index is 12.8. The molecule has 0 radical (unpaired) electrons. The van der Waals surface area contributed by atoms with E-state index in [2.05, 4.69) is 38.9 Å². The van der Waals surface area contributed by atoms with Crippen LogP contribution in [0.5, 0.6) is 0 Å². The van der Waals surface area contributed by atoms with Gasteiger partial charge in [0.05, 0.1) is 26.2 Å². The maximum Gasteiger partial charge on any atom is 0.306 e. The smallest absolute Gasteiger partial charge is 0.306 e. The standard InChI is InChI=1S/C26H45NO4/c1-8-9-16-23(29)31-20-25(4,5)19-30-18-24(2,3)17-22(28)27-26(6,7)21-14-12-10-11-13-15-21/h1,21H,9-20H2,2-7H3,(H,27,28). The molecule has 1 aliphatic carbocycles. The highest BCUT2D eigenvalue weighted by molar-refractivity contribution is 5.77. The number of terminal acetylenes is 1. The number of carbonyl (C=O) groups excluding carboxylic acids is 2. The molecule has 1 rings (SSSR count). The van der Waals surface area contributed by atoms with Gasteiger partial charge in [-0.15, -0.1) is 12.3 Å². The topological polar surface area (TPSA) is 64.6 Å². The number of rotatable bonds is 12. The van der Waals surface area contributed by atoms with Gasteiger partial charge < -0.3 is 14.8 Å². The number of esters is 1. The summed E-state index contributed by atoms with van der Waals surface area (Å²) in [5.74, 6) is 2.79. The van der Waals surface area contributed by atoms with E-state index in [9.17, 15) is 9.59 Å². The van der Waals surface area contributed by atoms with E-state index in [1.807, 2.05) is 13.8 Å². The van der Waals surface area contributed by atoms with Crippen molar-refractivity contribution in [3.63, 3.8) is 0 Å². The Morgan fingerprint density at radius 3 is 2.10 bits per heavy atom. The predicted molar refractivity (Wildman–Crippen MR) is 125 cm³/mol. The summed E-state index contributed by atoms with van der Waals surface area (Å²) in [6.07, 6.45) is 13.8. The summed E-state index contributed by atoms with van der Waals surface area (Å²) in [5, 5.41) is 3.30. The Morgan fingerprint density at radius 1 is 0.935 bits per heavy atom. The third kappa shape index (κ3) is 11.6. The van der Waals surface area contributed by atoms with E-state index < -0.39 is 0 Å². The van der Waals surface area contributed by atoms with Crippen molar-refractivity contribution >= 4 is 11.9 Å². The Labute approximate surface area is 190 Å². The second kappa shape index (κ2) is 12.5. The number of nitrogens with one attached hydrogen (secondary N) is 1. The zero-order valence-corrected chi connectivity index (χ0v) is 20.8. The van der Waals surface area contributed by atoms with Crippen LogP contribution in [0.4, 0.5) is 0 Å². The molecule has 31 heavy (non-hydrogen) atoms. The van der Waals surface area contributed by atoms with Crippen molar-refractivity contribution < 1.29 is 19.1 Å². The van der Waals surface area contributed by atoms with E-state index in [1.54, 1.807) is 0 Å². The largest absolute Gasteiger partial charge is 0.465 e. The number of hydrogen-bond acceptors (Lipinski definition) is 4. The van der Waals surface area contributed by atoms with Crippen LogP contribution < -0.4 is 5.32 Å². The summed E-state index contributed by atoms with van der Waals surface area (Å²) in [6, 6.07) is 0. The molecule has 5 heteroatoms. The number of hydrogen-bond donors (Lipinski definition) is 1. The average Bonchev–Trinajstić information content (AvgIpc) is 2.93. The van der Waals surface area contributed by atoms with Gasteiger partial charge in [-0.25, -0.2) is 0 Å². The molecule has 1 fully saturated rings. The van der Waals surface area contributed by atoms with Crippen LogP contribution in [0.25, 0.3) is 0 Å². The molecule has 1 amide bonds. The van der Waals surface area contributed by atoms with Gasteiger partial charge >= 0.3 is 5.97 Å². The van der Waals surface area contributed by atoms with E-state index in [1.165, 1.54) is 38.5 Å². The van der Waals surface area contributed by atoms with Crippen LogP contribution in [0.2, 0.25) is 0 Å². The van der Waals surface area contributed by atoms with Crippen LogP contribution >= 0.6 is 0 Å². The first-order chi connectivity index (χ1) is 14.4. The van der Waals surface area contributed by atoms with Crippen molar-refractivity contribution in [2.24, 2.45) is 16.7 Å². The summed E-state index contributed by atoms with van der Waals surface area (Å²) >= 11 is 0. The normalized spacial score (nSPS) is 16.3. The second-order valence-corrected chi connectivity index (χ2v) is 11.3. The van der Waals surface area contributed by atoms with Gasteiger partial charge in [0.2, 0.25) is 5.91 Å². The molecule has 0 aliphatic heterocycles. The molecular weight excluding hydrogens is 390 g/mol. The maximum atomic E-state index is 12.8. The third-order valence-electron chi connectivity index (χ3n) is 6.06. The predicted octanol–water partition coefficient (Wildman–Crippen LogP) is 5.27. The summed E-state index contributed by atoms with van der Waals surface area (Å²) in [6.45, 7) is 13.6. The monoisotopic (exact) mass is 435 g/mol. The molecule has 5 nitrogen and oxygen atoms in total. The minimum Gasteiger partial charge on any atom is -0.465 e. The minimum absolute atomic E-state index is 0.0875. The number of carbonyl (C=O) groups is 2. The molecule has 178 valence electrons. The lowest BCUT2D eigenvalue weighted by Crippen LogP contribution is -2.50. The van der Waals surface area contributed by atoms with Crippen molar-refractivity contribution in [1.82, 2.24) is 5.32 Å². The number of ether oxygens (including phenoxy) is 2. The van der Waals surface area contributed by atoms with Gasteiger partial charge in [-0.2, -0.15) is 0 Å². The van der Waals surface area contributed by atoms with Crippen molar-refractivity contribution in [1.29, 1.82) is 0 Å². The number of amides is 1. The van der Waals surface area contributed by atoms with Crippen LogP contribution in [0.3, 0.4) is 0 Å². The van der Waals surface area contributed by atoms with Crippen LogP contribution in [-0.4, -0.2) is 37.2 Å². The zero-order valence-electron chi connectivity index (χ0n) is 20.8. The van der Waals surface area contributed by atoms with E-state index in [0.717, 1.165) is 0 Å². The first-order valence-electron chi connectivity index (χ1n) is 11.8. The summed E-state index contributed by atoms with van der Waals surface area (Å²) in [5.41, 5.74) is -0.752. The van der Waals surface area contributed by atoms with Gasteiger partial charge in [0.15, 0.2) is 0 Å². The van der Waals surface area contributed by atoms with E-state index in [4.69, 9.17) is 15.9 Å². The van der Waals surface area contributed by atoms with E-state index in [-0.39, 0.29) is 41.3 Å². The molecule has 0 atom stereocenters. The molecule has 0 unspecified atom stereocenters. The van der Waals surface area contributed by atoms with Gasteiger partial charge in [-0.3, -0.25) is 9.59 Å². The molecule has 1 N–H and O–H groups in total. The molecule has 0 heterocycles. The van der Waals surface area contributed by atoms with Crippen molar-refractivity contribution in [3.05, 3.63) is 0 Å². The average molecular weight is 436 g/mol. The lowest BCUT2D eigenvalue weighted by atomic mass is 9.81. The van der Waals surface area contributed by atoms with Crippen molar-refractivity contribution in [2.45, 2.75) is 105 Å². The molecule has 1 saturated carbocycles. The minimum atomic E-state index is -0.300. The van der Waals surface area contributed by atoms with E-state index in [0.29, 0.717) is 32.0 Å². The zero-order chi connectivity index (χ0) is 23.5. The Kier molecular flexibility index (Phi) is 11.1. The molecule has 0 aromatic heterocycles. The molecule has 0 spiro atoms. The first kappa shape index (κ1) is 27.5. The van der Waals surface area contributed by atoms with Gasteiger partial charge in [-0.1, -0.05) is 53.4 Å². The van der Waals surface area contributed by atoms with E-state index >= 15 is 0 Å². The fourth-order valence-electron chi connectivity index (χ4n) is 4.16. The fraction of sp³-hybridized carbons (Fsp3) is 0.846. The fourth-order valence-corrected chi connectivity index (χ4v) is 4.16. The van der Waals surface area contributed by atoms with Crippen molar-refractivity contribution in [3.8, 4) is 12.3 Å². The van der Waals surface area contributed by atoms with Crippen LogP contribution in [-0.2, 0) is 19.1 Å². The summed E-state index contributed by atoms with van der Waals surface area (Å²) < 4.78 is 11.2. The lowest BCUT2D eigenvalue weighted by molar-refractivity contribution is -0.148. The highest BCUT2D eigenvalue weighted by Gasteiger charge is 2.33. The first-order valence-corrected chi connectivity index (χ1v) is 11.8. The summed E-state index contributed by atoms with van der Waals surface area (Å²) in [4.78, 5) is 24.4. The molecule has 0 bridgehead atoms. The highest BCUT2D eigenvalue weighted by atomic mass is 16.5. The van der Waals surface area contributed by atoms with Gasteiger partial charge in [0.1, 0.15) is 0 Å². The Balaban J connectivity index is 2.41. The van der Waals surface area contributed by atoms with Crippen LogP contribution in [0.1, 0.15) is 99.3 Å². The molecular formula is C26H45NO4. The highest BCUT2D eigenvalue weighted by Crippen LogP contribution is 2.32.